The maximum Gasteiger partial charge on any atom is 0.311 e. The molecule has 0 aromatic carbocycles. The second kappa shape index (κ2) is 31.3. The van der Waals surface area contributed by atoms with Crippen molar-refractivity contribution in [1.82, 2.24) is 0 Å². The molecular weight excluding hydrogens is 668 g/mol. The lowest BCUT2D eigenvalue weighted by molar-refractivity contribution is -0.161. The summed E-state index contributed by atoms with van der Waals surface area (Å²) in [5, 5.41) is 9.39. The number of aliphatic hydroxyl groups is 1. The fraction of sp³-hybridized carbons (Fsp3) is 0.976. The highest BCUT2D eigenvalue weighted by Crippen LogP contribution is 2.22. The molecule has 0 aromatic rings. The number of esters is 1. The Kier molecular flexibility index (Phi) is 30.8. The summed E-state index contributed by atoms with van der Waals surface area (Å²) in [4.78, 5) is 12.3. The average molecular weight is 751 g/mol. The van der Waals surface area contributed by atoms with Crippen LogP contribution in [0.25, 0.3) is 0 Å². The van der Waals surface area contributed by atoms with Crippen molar-refractivity contribution in [3.8, 4) is 0 Å². The number of carbonyl (C=O) groups is 1. The van der Waals surface area contributed by atoms with Gasteiger partial charge in [0, 0.05) is 0 Å². The highest BCUT2D eigenvalue weighted by atomic mass is 16.6. The topological polar surface area (TPSA) is 120 Å². The van der Waals surface area contributed by atoms with Crippen molar-refractivity contribution in [2.45, 2.75) is 196 Å². The summed E-state index contributed by atoms with van der Waals surface area (Å²) in [7, 11) is 0. The van der Waals surface area contributed by atoms with E-state index in [0.29, 0.717) is 46.2 Å². The highest BCUT2D eigenvalue weighted by Gasteiger charge is 2.28. The molecule has 9 atom stereocenters. The minimum absolute atomic E-state index is 0.0242. The largest absolute Gasteiger partial charge is 0.463 e. The summed E-state index contributed by atoms with van der Waals surface area (Å²) < 4.78 is 54.8. The van der Waals surface area contributed by atoms with Gasteiger partial charge in [0.15, 0.2) is 0 Å². The third-order valence-corrected chi connectivity index (χ3v) is 9.78. The van der Waals surface area contributed by atoms with Gasteiger partial charge in [0.2, 0.25) is 0 Å². The van der Waals surface area contributed by atoms with Gasteiger partial charge < -0.3 is 47.7 Å². The zero-order chi connectivity index (χ0) is 39.4. The number of carbonyl (C=O) groups excluding carboxylic acids is 1. The summed E-state index contributed by atoms with van der Waals surface area (Å²) in [6, 6.07) is 0. The normalized spacial score (nSPS) is 17.6. The molecule has 0 aliphatic rings. The zero-order valence-corrected chi connectivity index (χ0v) is 35.5. The zero-order valence-electron chi connectivity index (χ0n) is 35.5. The van der Waals surface area contributed by atoms with E-state index >= 15 is 0 Å². The van der Waals surface area contributed by atoms with E-state index in [-0.39, 0.29) is 74.1 Å². The molecule has 0 saturated carbocycles. The maximum atomic E-state index is 12.3. The number of ether oxygens (including phenoxy) is 9. The van der Waals surface area contributed by atoms with E-state index in [0.717, 1.165) is 57.8 Å². The molecular formula is C41H82O11. The van der Waals surface area contributed by atoms with Crippen LogP contribution in [0.1, 0.15) is 141 Å². The van der Waals surface area contributed by atoms with Gasteiger partial charge in [-0.05, 0) is 78.6 Å². The number of aliphatic hydroxyl groups excluding tert-OH is 1. The van der Waals surface area contributed by atoms with E-state index < -0.39 is 5.41 Å². The van der Waals surface area contributed by atoms with Gasteiger partial charge in [0.25, 0.3) is 0 Å². The van der Waals surface area contributed by atoms with Crippen LogP contribution in [0.3, 0.4) is 0 Å². The second-order valence-corrected chi connectivity index (χ2v) is 14.5. The molecule has 11 nitrogen and oxygen atoms in total. The molecule has 312 valence electrons. The van der Waals surface area contributed by atoms with Crippen LogP contribution < -0.4 is 0 Å². The van der Waals surface area contributed by atoms with E-state index in [2.05, 4.69) is 48.5 Å². The molecule has 0 aliphatic heterocycles. The highest BCUT2D eigenvalue weighted by molar-refractivity contribution is 5.75. The van der Waals surface area contributed by atoms with E-state index in [9.17, 15) is 9.90 Å². The van der Waals surface area contributed by atoms with Crippen LogP contribution in [0, 0.1) is 5.41 Å². The summed E-state index contributed by atoms with van der Waals surface area (Å²) in [6.45, 7) is 28.0. The van der Waals surface area contributed by atoms with Gasteiger partial charge in [-0.3, -0.25) is 4.79 Å². The van der Waals surface area contributed by atoms with E-state index in [1.54, 1.807) is 0 Å². The first kappa shape index (κ1) is 51.1. The lowest BCUT2D eigenvalue weighted by Crippen LogP contribution is -2.34. The van der Waals surface area contributed by atoms with Gasteiger partial charge >= 0.3 is 5.97 Å². The van der Waals surface area contributed by atoms with Crippen molar-refractivity contribution in [3.63, 3.8) is 0 Å². The van der Waals surface area contributed by atoms with Crippen molar-refractivity contribution >= 4 is 5.97 Å². The second-order valence-electron chi connectivity index (χ2n) is 14.5. The fourth-order valence-electron chi connectivity index (χ4n) is 4.86. The first-order valence-electron chi connectivity index (χ1n) is 20.6. The first-order chi connectivity index (χ1) is 24.9. The van der Waals surface area contributed by atoms with Crippen molar-refractivity contribution in [3.05, 3.63) is 0 Å². The molecule has 0 amide bonds. The molecule has 0 fully saturated rings. The predicted octanol–water partition coefficient (Wildman–Crippen LogP) is 7.71. The minimum atomic E-state index is -0.493. The van der Waals surface area contributed by atoms with Crippen molar-refractivity contribution in [2.75, 3.05) is 59.5 Å². The molecule has 0 spiro atoms. The fourth-order valence-corrected chi connectivity index (χ4v) is 4.86. The Hall–Kier alpha value is -0.890. The van der Waals surface area contributed by atoms with Crippen LogP contribution in [-0.4, -0.2) is 125 Å². The molecule has 9 unspecified atom stereocenters. The Balaban J connectivity index is 4.65. The molecule has 0 bridgehead atoms. The summed E-state index contributed by atoms with van der Waals surface area (Å²) in [5.74, 6) is -0.197. The molecule has 0 rings (SSSR count). The van der Waals surface area contributed by atoms with Crippen molar-refractivity contribution in [2.24, 2.45) is 5.41 Å². The van der Waals surface area contributed by atoms with Crippen molar-refractivity contribution in [1.29, 1.82) is 0 Å². The van der Waals surface area contributed by atoms with E-state index in [4.69, 9.17) is 42.6 Å². The SMILES string of the molecule is CCC(CO)OCC(CC)OCC(CC)OCC(CC)OCC(CC)OCC(CC)OCC(CC)OCC(CC)OC(C)COC(=O)C(C)(C)CC. The lowest BCUT2D eigenvalue weighted by atomic mass is 9.91. The number of hydrogen-bond donors (Lipinski definition) is 1. The molecule has 0 heterocycles. The minimum Gasteiger partial charge on any atom is -0.463 e. The standard InChI is InChI=1S/C41H82O11/c1-13-32(22-42)44-24-33(14-2)45-25-34(15-3)46-26-35(16-4)47-27-36(17-5)48-28-37(18-6)49-29-38(19-7)50-30-39(20-8)52-31(10)23-51-40(43)41(11,12)21-9/h31-39,42H,13-30H2,1-12H3. The predicted molar refractivity (Wildman–Crippen MR) is 207 cm³/mol. The monoisotopic (exact) mass is 751 g/mol. The van der Waals surface area contributed by atoms with Gasteiger partial charge in [-0.25, -0.2) is 0 Å². The molecule has 52 heavy (non-hydrogen) atoms. The smallest absolute Gasteiger partial charge is 0.311 e. The van der Waals surface area contributed by atoms with Crippen LogP contribution in [0.5, 0.6) is 0 Å². The van der Waals surface area contributed by atoms with Gasteiger partial charge in [-0.1, -0.05) is 62.3 Å². The Morgan fingerprint density at radius 3 is 0.981 bits per heavy atom. The summed E-state index contributed by atoms with van der Waals surface area (Å²) >= 11 is 0. The van der Waals surface area contributed by atoms with Gasteiger partial charge in [0.05, 0.1) is 113 Å². The van der Waals surface area contributed by atoms with Crippen LogP contribution in [0.15, 0.2) is 0 Å². The average Bonchev–Trinajstić information content (AvgIpc) is 3.16. The Morgan fingerprint density at radius 1 is 0.462 bits per heavy atom. The Labute approximate surface area is 318 Å². The van der Waals surface area contributed by atoms with Gasteiger partial charge in [0.1, 0.15) is 6.61 Å². The van der Waals surface area contributed by atoms with E-state index in [1.807, 2.05) is 34.6 Å². The third kappa shape index (κ3) is 23.1. The van der Waals surface area contributed by atoms with Gasteiger partial charge in [-0.15, -0.1) is 0 Å². The van der Waals surface area contributed by atoms with Crippen LogP contribution in [0.2, 0.25) is 0 Å². The molecule has 0 aliphatic carbocycles. The summed E-state index contributed by atoms with van der Waals surface area (Å²) in [6.07, 6.45) is 6.61. The number of rotatable bonds is 36. The first-order valence-corrected chi connectivity index (χ1v) is 20.6. The van der Waals surface area contributed by atoms with Crippen LogP contribution in [0.4, 0.5) is 0 Å². The number of hydrogen-bond acceptors (Lipinski definition) is 11. The Bertz CT molecular complexity index is 825. The van der Waals surface area contributed by atoms with Crippen LogP contribution in [-0.2, 0) is 47.4 Å². The van der Waals surface area contributed by atoms with Gasteiger partial charge in [-0.2, -0.15) is 0 Å². The van der Waals surface area contributed by atoms with Crippen LogP contribution >= 0.6 is 0 Å². The molecule has 11 heteroatoms. The lowest BCUT2D eigenvalue weighted by Gasteiger charge is -2.27. The maximum absolute atomic E-state index is 12.3. The summed E-state index contributed by atoms with van der Waals surface area (Å²) in [5.41, 5.74) is -0.493. The molecule has 1 N–H and O–H groups in total. The quantitative estimate of drug-likeness (QED) is 0.0635. The Morgan fingerprint density at radius 2 is 0.731 bits per heavy atom. The molecule has 0 aromatic heterocycles. The third-order valence-electron chi connectivity index (χ3n) is 9.78. The van der Waals surface area contributed by atoms with Crippen molar-refractivity contribution < 1.29 is 52.5 Å². The molecule has 0 radical (unpaired) electrons. The molecule has 0 saturated heterocycles. The van der Waals surface area contributed by atoms with E-state index in [1.165, 1.54) is 0 Å².